The lowest BCUT2D eigenvalue weighted by molar-refractivity contribution is 0.306. The van der Waals surface area contributed by atoms with Crippen LogP contribution in [0, 0.1) is 0 Å². The second kappa shape index (κ2) is 8.56. The van der Waals surface area contributed by atoms with Gasteiger partial charge in [0.05, 0.1) is 11.9 Å². The van der Waals surface area contributed by atoms with Gasteiger partial charge in [0.15, 0.2) is 0 Å². The van der Waals surface area contributed by atoms with E-state index in [0.717, 1.165) is 16.8 Å². The van der Waals surface area contributed by atoms with Crippen molar-refractivity contribution in [3.05, 3.63) is 94.0 Å². The Hall–Kier alpha value is -2.49. The van der Waals surface area contributed by atoms with Crippen LogP contribution < -0.4 is 10.2 Å². The fourth-order valence-electron chi connectivity index (χ4n) is 2.23. The van der Waals surface area contributed by atoms with Gasteiger partial charge in [-0.3, -0.25) is 5.43 Å². The predicted octanol–water partition coefficient (Wildman–Crippen LogP) is 6.02. The van der Waals surface area contributed by atoms with E-state index in [1.165, 1.54) is 0 Å². The monoisotopic (exact) mass is 370 g/mol. The van der Waals surface area contributed by atoms with Crippen LogP contribution in [0.1, 0.15) is 11.1 Å². The van der Waals surface area contributed by atoms with E-state index in [-0.39, 0.29) is 0 Å². The van der Waals surface area contributed by atoms with E-state index in [9.17, 15) is 0 Å². The minimum Gasteiger partial charge on any atom is -0.488 e. The molecule has 0 radical (unpaired) electrons. The summed E-state index contributed by atoms with van der Waals surface area (Å²) in [6, 6.07) is 22.7. The topological polar surface area (TPSA) is 33.6 Å². The molecule has 0 fully saturated rings. The lowest BCUT2D eigenvalue weighted by Gasteiger charge is -2.10. The molecule has 0 aromatic heterocycles. The Morgan fingerprint density at radius 3 is 2.48 bits per heavy atom. The van der Waals surface area contributed by atoms with E-state index >= 15 is 0 Å². The van der Waals surface area contributed by atoms with Crippen molar-refractivity contribution in [3.63, 3.8) is 0 Å². The number of nitrogens with zero attached hydrogens (tertiary/aromatic N) is 1. The van der Waals surface area contributed by atoms with Crippen LogP contribution in [-0.4, -0.2) is 6.21 Å². The number of ether oxygens (including phenoxy) is 1. The van der Waals surface area contributed by atoms with Crippen LogP contribution in [0.3, 0.4) is 0 Å². The maximum Gasteiger partial charge on any atom is 0.128 e. The van der Waals surface area contributed by atoms with Crippen molar-refractivity contribution in [1.82, 2.24) is 0 Å². The molecule has 3 aromatic rings. The van der Waals surface area contributed by atoms with Crippen LogP contribution in [0.25, 0.3) is 0 Å². The third kappa shape index (κ3) is 5.24. The number of nitrogens with one attached hydrogen (secondary N) is 1. The van der Waals surface area contributed by atoms with Gasteiger partial charge in [0.1, 0.15) is 12.4 Å². The zero-order chi connectivity index (χ0) is 17.5. The van der Waals surface area contributed by atoms with Crippen LogP contribution in [0.15, 0.2) is 77.9 Å². The summed E-state index contributed by atoms with van der Waals surface area (Å²) in [5.74, 6) is 0.697. The average molecular weight is 371 g/mol. The SMILES string of the molecule is Clc1cccc(COc2ccc(Cl)cc2C=NNc2ccccc2)c1. The molecule has 0 atom stereocenters. The quantitative estimate of drug-likeness (QED) is 0.425. The van der Waals surface area contributed by atoms with Gasteiger partial charge in [-0.15, -0.1) is 0 Å². The highest BCUT2D eigenvalue weighted by atomic mass is 35.5. The molecule has 0 bridgehead atoms. The molecule has 0 amide bonds. The summed E-state index contributed by atoms with van der Waals surface area (Å²) in [6.45, 7) is 0.412. The Balaban J connectivity index is 1.71. The number of anilines is 1. The first-order valence-electron chi connectivity index (χ1n) is 7.71. The molecular weight excluding hydrogens is 355 g/mol. The average Bonchev–Trinajstić information content (AvgIpc) is 2.62. The van der Waals surface area contributed by atoms with Gasteiger partial charge < -0.3 is 4.74 Å². The zero-order valence-corrected chi connectivity index (χ0v) is 14.8. The molecule has 0 spiro atoms. The van der Waals surface area contributed by atoms with Crippen LogP contribution in [-0.2, 0) is 6.61 Å². The fourth-order valence-corrected chi connectivity index (χ4v) is 2.62. The molecule has 0 aliphatic rings. The van der Waals surface area contributed by atoms with Crippen LogP contribution in [0.4, 0.5) is 5.69 Å². The molecule has 0 aliphatic heterocycles. The Kier molecular flexibility index (Phi) is 5.94. The van der Waals surface area contributed by atoms with E-state index in [4.69, 9.17) is 27.9 Å². The fraction of sp³-hybridized carbons (Fsp3) is 0.0500. The third-order valence-corrected chi connectivity index (χ3v) is 3.90. The molecule has 0 aliphatic carbocycles. The minimum absolute atomic E-state index is 0.412. The van der Waals surface area contributed by atoms with Crippen LogP contribution in [0.2, 0.25) is 10.0 Å². The van der Waals surface area contributed by atoms with Gasteiger partial charge in [0.2, 0.25) is 0 Å². The second-order valence-corrected chi connectivity index (χ2v) is 6.21. The summed E-state index contributed by atoms with van der Waals surface area (Å²) in [4.78, 5) is 0. The zero-order valence-electron chi connectivity index (χ0n) is 13.3. The Bertz CT molecular complexity index is 867. The first kappa shape index (κ1) is 17.3. The molecule has 3 rings (SSSR count). The third-order valence-electron chi connectivity index (χ3n) is 3.43. The molecule has 3 nitrogen and oxygen atoms in total. The summed E-state index contributed by atoms with van der Waals surface area (Å²) in [5.41, 5.74) is 5.66. The highest BCUT2D eigenvalue weighted by Gasteiger charge is 2.04. The Morgan fingerprint density at radius 1 is 0.880 bits per heavy atom. The van der Waals surface area contributed by atoms with Gasteiger partial charge in [0.25, 0.3) is 0 Å². The number of rotatable bonds is 6. The highest BCUT2D eigenvalue weighted by Crippen LogP contribution is 2.23. The van der Waals surface area contributed by atoms with Crippen molar-refractivity contribution in [3.8, 4) is 5.75 Å². The second-order valence-electron chi connectivity index (χ2n) is 5.34. The normalized spacial score (nSPS) is 10.8. The van der Waals surface area contributed by atoms with Crippen LogP contribution >= 0.6 is 23.2 Å². The Morgan fingerprint density at radius 2 is 1.68 bits per heavy atom. The molecule has 5 heteroatoms. The van der Waals surface area contributed by atoms with Crippen molar-refractivity contribution < 1.29 is 4.74 Å². The molecule has 1 N–H and O–H groups in total. The molecule has 0 heterocycles. The van der Waals surface area contributed by atoms with Crippen molar-refractivity contribution in [1.29, 1.82) is 0 Å². The van der Waals surface area contributed by atoms with E-state index in [2.05, 4.69) is 10.5 Å². The minimum atomic E-state index is 0.412. The number of benzene rings is 3. The summed E-state index contributed by atoms with van der Waals surface area (Å²) in [6.07, 6.45) is 1.69. The lowest BCUT2D eigenvalue weighted by Crippen LogP contribution is -1.99. The van der Waals surface area contributed by atoms with Crippen LogP contribution in [0.5, 0.6) is 5.75 Å². The largest absolute Gasteiger partial charge is 0.488 e. The van der Waals surface area contributed by atoms with Gasteiger partial charge in [-0.1, -0.05) is 53.5 Å². The lowest BCUT2D eigenvalue weighted by atomic mass is 10.2. The predicted molar refractivity (Wildman–Crippen MR) is 105 cm³/mol. The molecule has 3 aromatic carbocycles. The standard InChI is InChI=1S/C20H16Cl2N2O/c21-17-6-4-5-15(11-17)14-25-20-10-9-18(22)12-16(20)13-23-24-19-7-2-1-3-8-19/h1-13,24H,14H2. The Labute approximate surface area is 156 Å². The molecule has 0 saturated heterocycles. The molecule has 0 saturated carbocycles. The van der Waals surface area contributed by atoms with Gasteiger partial charge in [-0.2, -0.15) is 5.10 Å². The van der Waals surface area contributed by atoms with Crippen molar-refractivity contribution in [2.45, 2.75) is 6.61 Å². The maximum absolute atomic E-state index is 6.10. The van der Waals surface area contributed by atoms with Gasteiger partial charge in [-0.25, -0.2) is 0 Å². The van der Waals surface area contributed by atoms with E-state index in [1.807, 2.05) is 66.7 Å². The molecule has 0 unspecified atom stereocenters. The van der Waals surface area contributed by atoms with Gasteiger partial charge in [-0.05, 0) is 48.0 Å². The van der Waals surface area contributed by atoms with Crippen molar-refractivity contribution >= 4 is 35.1 Å². The van der Waals surface area contributed by atoms with Crippen molar-refractivity contribution in [2.75, 3.05) is 5.43 Å². The van der Waals surface area contributed by atoms with E-state index in [1.54, 1.807) is 12.3 Å². The first-order chi connectivity index (χ1) is 12.2. The summed E-state index contributed by atoms with van der Waals surface area (Å²) in [7, 11) is 0. The highest BCUT2D eigenvalue weighted by molar-refractivity contribution is 6.31. The summed E-state index contributed by atoms with van der Waals surface area (Å²) in [5, 5.41) is 5.56. The number of hydrogen-bond acceptors (Lipinski definition) is 3. The van der Waals surface area contributed by atoms with E-state index in [0.29, 0.717) is 22.4 Å². The van der Waals surface area contributed by atoms with Gasteiger partial charge >= 0.3 is 0 Å². The summed E-state index contributed by atoms with van der Waals surface area (Å²) >= 11 is 12.1. The number of hydrazone groups is 1. The maximum atomic E-state index is 6.10. The number of para-hydroxylation sites is 1. The smallest absolute Gasteiger partial charge is 0.128 e. The first-order valence-corrected chi connectivity index (χ1v) is 8.47. The molecule has 126 valence electrons. The number of hydrogen-bond donors (Lipinski definition) is 1. The summed E-state index contributed by atoms with van der Waals surface area (Å²) < 4.78 is 5.90. The molecular formula is C20H16Cl2N2O. The molecule has 25 heavy (non-hydrogen) atoms. The van der Waals surface area contributed by atoms with Crippen molar-refractivity contribution in [2.24, 2.45) is 5.10 Å². The van der Waals surface area contributed by atoms with E-state index < -0.39 is 0 Å². The van der Waals surface area contributed by atoms with Gasteiger partial charge in [0, 0.05) is 15.6 Å². The number of halogens is 2.